The van der Waals surface area contributed by atoms with Crippen LogP contribution in [0.15, 0.2) is 12.1 Å². The molecule has 0 aliphatic heterocycles. The number of nitrogens with zero attached hydrogens (tertiary/aromatic N) is 1. The average Bonchev–Trinajstić information content (AvgIpc) is 2.32. The third-order valence-electron chi connectivity index (χ3n) is 1.96. The van der Waals surface area contributed by atoms with E-state index >= 15 is 0 Å². The minimum absolute atomic E-state index is 0.345. The molecule has 1 aromatic heterocycles. The van der Waals surface area contributed by atoms with Crippen LogP contribution in [0.4, 0.5) is 5.69 Å². The maximum atomic E-state index is 5.72. The number of methoxy groups -OCH3 is 1. The number of ether oxygens (including phenoxy) is 3. The Morgan fingerprint density at radius 1 is 1.24 bits per heavy atom. The number of hydrogen-bond acceptors (Lipinski definition) is 5. The van der Waals surface area contributed by atoms with Crippen LogP contribution in [0.1, 0.15) is 6.42 Å². The van der Waals surface area contributed by atoms with E-state index in [1.807, 2.05) is 0 Å². The predicted octanol–water partition coefficient (Wildman–Crippen LogP) is 1.75. The lowest BCUT2D eigenvalue weighted by atomic mass is 10.4. The highest BCUT2D eigenvalue weighted by molar-refractivity contribution is 6.29. The molecule has 17 heavy (non-hydrogen) atoms. The van der Waals surface area contributed by atoms with Crippen molar-refractivity contribution in [2.75, 3.05) is 39.3 Å². The van der Waals surface area contributed by atoms with Crippen LogP contribution in [-0.4, -0.2) is 38.5 Å². The Morgan fingerprint density at radius 3 is 2.82 bits per heavy atom. The van der Waals surface area contributed by atoms with Gasteiger partial charge in [0, 0.05) is 20.3 Å². The third-order valence-corrected chi connectivity index (χ3v) is 2.17. The first kappa shape index (κ1) is 14.0. The van der Waals surface area contributed by atoms with Crippen molar-refractivity contribution in [1.82, 2.24) is 4.98 Å². The largest absolute Gasteiger partial charge is 0.474 e. The van der Waals surface area contributed by atoms with Gasteiger partial charge >= 0.3 is 0 Å². The molecule has 0 unspecified atom stereocenters. The normalized spacial score (nSPS) is 10.5. The molecule has 1 aromatic rings. The Kier molecular flexibility index (Phi) is 6.69. The Hall–Kier alpha value is -1.04. The van der Waals surface area contributed by atoms with E-state index in [1.165, 1.54) is 0 Å². The lowest BCUT2D eigenvalue weighted by molar-refractivity contribution is 0.0798. The zero-order valence-corrected chi connectivity index (χ0v) is 10.6. The van der Waals surface area contributed by atoms with Gasteiger partial charge in [-0.1, -0.05) is 11.6 Å². The topological polar surface area (TPSA) is 66.6 Å². The first-order chi connectivity index (χ1) is 8.24. The maximum Gasteiger partial charge on any atom is 0.238 e. The molecule has 0 atom stereocenters. The van der Waals surface area contributed by atoms with Crippen molar-refractivity contribution < 1.29 is 14.2 Å². The van der Waals surface area contributed by atoms with E-state index in [0.717, 1.165) is 6.42 Å². The van der Waals surface area contributed by atoms with Crippen molar-refractivity contribution in [3.05, 3.63) is 17.3 Å². The van der Waals surface area contributed by atoms with Crippen molar-refractivity contribution in [2.45, 2.75) is 6.42 Å². The quantitative estimate of drug-likeness (QED) is 0.570. The lowest BCUT2D eigenvalue weighted by Gasteiger charge is -2.08. The van der Waals surface area contributed by atoms with Crippen LogP contribution in [0.3, 0.4) is 0 Å². The summed E-state index contributed by atoms with van der Waals surface area (Å²) >= 11 is 5.72. The van der Waals surface area contributed by atoms with E-state index in [2.05, 4.69) is 4.98 Å². The molecule has 0 spiro atoms. The minimum atomic E-state index is 0.345. The second kappa shape index (κ2) is 8.11. The first-order valence-corrected chi connectivity index (χ1v) is 5.73. The van der Waals surface area contributed by atoms with Gasteiger partial charge in [-0.25, -0.2) is 0 Å². The Balaban J connectivity index is 2.15. The molecule has 0 amide bonds. The fraction of sp³-hybridized carbons (Fsp3) is 0.545. The molecular weight excluding hydrogens is 244 g/mol. The van der Waals surface area contributed by atoms with Crippen LogP contribution in [0, 0.1) is 0 Å². The molecule has 0 bridgehead atoms. The molecule has 0 aliphatic rings. The number of pyridine rings is 1. The van der Waals surface area contributed by atoms with Gasteiger partial charge in [-0.3, -0.25) is 0 Å². The standard InChI is InChI=1S/C11H17ClN2O3/c1-15-5-2-6-16-7-8-17-11-9(13)3-4-10(12)14-11/h3-4H,2,5-8,13H2,1H3. The van der Waals surface area contributed by atoms with Gasteiger partial charge in [0.05, 0.1) is 12.3 Å². The van der Waals surface area contributed by atoms with Crippen molar-refractivity contribution in [3.8, 4) is 5.88 Å². The van der Waals surface area contributed by atoms with Crippen LogP contribution in [0.2, 0.25) is 5.15 Å². The van der Waals surface area contributed by atoms with Gasteiger partial charge in [0.25, 0.3) is 0 Å². The SMILES string of the molecule is COCCCOCCOc1nc(Cl)ccc1N. The number of rotatable bonds is 8. The summed E-state index contributed by atoms with van der Waals surface area (Å²) in [5.41, 5.74) is 6.13. The highest BCUT2D eigenvalue weighted by Gasteiger charge is 2.02. The van der Waals surface area contributed by atoms with Gasteiger partial charge in [-0.05, 0) is 18.6 Å². The zero-order chi connectivity index (χ0) is 12.5. The van der Waals surface area contributed by atoms with Crippen LogP contribution in [-0.2, 0) is 9.47 Å². The van der Waals surface area contributed by atoms with Gasteiger partial charge in [-0.2, -0.15) is 4.98 Å². The first-order valence-electron chi connectivity index (χ1n) is 5.35. The molecule has 0 aromatic carbocycles. The second-order valence-corrected chi connectivity index (χ2v) is 3.72. The molecule has 1 rings (SSSR count). The van der Waals surface area contributed by atoms with Crippen molar-refractivity contribution in [3.63, 3.8) is 0 Å². The Labute approximate surface area is 106 Å². The molecule has 0 saturated heterocycles. The van der Waals surface area contributed by atoms with E-state index in [4.69, 9.17) is 31.5 Å². The molecule has 2 N–H and O–H groups in total. The summed E-state index contributed by atoms with van der Waals surface area (Å²) in [7, 11) is 1.66. The van der Waals surface area contributed by atoms with E-state index in [-0.39, 0.29) is 0 Å². The summed E-state index contributed by atoms with van der Waals surface area (Å²) in [6.45, 7) is 2.22. The van der Waals surface area contributed by atoms with Gasteiger partial charge < -0.3 is 19.9 Å². The summed E-state index contributed by atoms with van der Waals surface area (Å²) in [5, 5.41) is 0.357. The lowest BCUT2D eigenvalue weighted by Crippen LogP contribution is -2.10. The zero-order valence-electron chi connectivity index (χ0n) is 9.82. The molecule has 6 heteroatoms. The van der Waals surface area contributed by atoms with Crippen LogP contribution in [0.25, 0.3) is 0 Å². The third kappa shape index (κ3) is 5.72. The summed E-state index contributed by atoms with van der Waals surface area (Å²) in [4.78, 5) is 3.96. The fourth-order valence-corrected chi connectivity index (χ4v) is 1.29. The van der Waals surface area contributed by atoms with E-state index in [1.54, 1.807) is 19.2 Å². The van der Waals surface area contributed by atoms with Crippen LogP contribution < -0.4 is 10.5 Å². The number of halogens is 1. The van der Waals surface area contributed by atoms with Crippen molar-refractivity contribution >= 4 is 17.3 Å². The van der Waals surface area contributed by atoms with Crippen molar-refractivity contribution in [2.24, 2.45) is 0 Å². The minimum Gasteiger partial charge on any atom is -0.474 e. The molecule has 96 valence electrons. The molecule has 0 saturated carbocycles. The number of hydrogen-bond donors (Lipinski definition) is 1. The van der Waals surface area contributed by atoms with E-state index in [0.29, 0.717) is 43.1 Å². The highest BCUT2D eigenvalue weighted by Crippen LogP contribution is 2.20. The van der Waals surface area contributed by atoms with Gasteiger partial charge in [0.15, 0.2) is 0 Å². The molecule has 5 nitrogen and oxygen atoms in total. The summed E-state index contributed by atoms with van der Waals surface area (Å²) in [6.07, 6.45) is 0.869. The number of nitrogens with two attached hydrogens (primary N) is 1. The number of nitrogen functional groups attached to an aromatic ring is 1. The van der Waals surface area contributed by atoms with Gasteiger partial charge in [0.2, 0.25) is 5.88 Å². The molecule has 0 radical (unpaired) electrons. The summed E-state index contributed by atoms with van der Waals surface area (Å²) in [5.74, 6) is 0.345. The second-order valence-electron chi connectivity index (χ2n) is 3.34. The fourth-order valence-electron chi connectivity index (χ4n) is 1.15. The van der Waals surface area contributed by atoms with E-state index < -0.39 is 0 Å². The Morgan fingerprint density at radius 2 is 2.06 bits per heavy atom. The Bertz CT molecular complexity index is 336. The predicted molar refractivity (Wildman–Crippen MR) is 66.5 cm³/mol. The molecular formula is C11H17ClN2O3. The number of aromatic nitrogens is 1. The molecule has 0 aliphatic carbocycles. The summed E-state index contributed by atoms with van der Waals surface area (Å²) in [6, 6.07) is 3.27. The van der Waals surface area contributed by atoms with Gasteiger partial charge in [0.1, 0.15) is 11.8 Å². The molecule has 0 fully saturated rings. The van der Waals surface area contributed by atoms with Crippen LogP contribution >= 0.6 is 11.6 Å². The summed E-state index contributed by atoms with van der Waals surface area (Å²) < 4.78 is 15.6. The maximum absolute atomic E-state index is 5.72. The van der Waals surface area contributed by atoms with Gasteiger partial charge in [-0.15, -0.1) is 0 Å². The van der Waals surface area contributed by atoms with Crippen molar-refractivity contribution in [1.29, 1.82) is 0 Å². The monoisotopic (exact) mass is 260 g/mol. The average molecular weight is 261 g/mol. The molecule has 1 heterocycles. The highest BCUT2D eigenvalue weighted by atomic mass is 35.5. The number of anilines is 1. The smallest absolute Gasteiger partial charge is 0.238 e. The van der Waals surface area contributed by atoms with Crippen LogP contribution in [0.5, 0.6) is 5.88 Å². The van der Waals surface area contributed by atoms with E-state index in [9.17, 15) is 0 Å².